The summed E-state index contributed by atoms with van der Waals surface area (Å²) >= 11 is 3.03. The Morgan fingerprint density at radius 2 is 2.29 bits per heavy atom. The summed E-state index contributed by atoms with van der Waals surface area (Å²) in [6.45, 7) is 3.67. The maximum atomic E-state index is 11.9. The highest BCUT2D eigenvalue weighted by Crippen LogP contribution is 2.16. The molecule has 0 saturated carbocycles. The topological polar surface area (TPSA) is 58.1 Å². The minimum atomic E-state index is -0.0545. The molecule has 1 heterocycles. The molecule has 1 N–H and O–H groups in total. The lowest BCUT2D eigenvalue weighted by molar-refractivity contribution is 0.0802. The zero-order valence-electron chi connectivity index (χ0n) is 10.4. The normalized spacial score (nSPS) is 10.3. The monoisotopic (exact) mass is 274 g/mol. The van der Waals surface area contributed by atoms with Crippen LogP contribution in [0.1, 0.15) is 23.1 Å². The van der Waals surface area contributed by atoms with Crippen molar-refractivity contribution < 1.29 is 4.79 Å². The molecule has 1 amide bonds. The van der Waals surface area contributed by atoms with Gasteiger partial charge in [0.15, 0.2) is 0 Å². The molecule has 0 aliphatic rings. The SMILES string of the molecule is CCCNc1nnc(C(=O)N(C)CCSC)s1. The van der Waals surface area contributed by atoms with Gasteiger partial charge in [0.25, 0.3) is 5.91 Å². The number of aromatic nitrogens is 2. The first-order chi connectivity index (χ1) is 8.19. The van der Waals surface area contributed by atoms with E-state index < -0.39 is 0 Å². The molecule has 1 aromatic rings. The second-order valence-electron chi connectivity index (χ2n) is 3.56. The molecule has 0 fully saturated rings. The first kappa shape index (κ1) is 14.2. The molecule has 1 rings (SSSR count). The Balaban J connectivity index is 2.53. The predicted molar refractivity (Wildman–Crippen MR) is 74.0 cm³/mol. The first-order valence-corrected chi connectivity index (χ1v) is 7.71. The van der Waals surface area contributed by atoms with Crippen LogP contribution >= 0.6 is 23.1 Å². The average Bonchev–Trinajstić information content (AvgIpc) is 2.81. The van der Waals surface area contributed by atoms with Crippen LogP contribution in [0.3, 0.4) is 0 Å². The summed E-state index contributed by atoms with van der Waals surface area (Å²) in [5.41, 5.74) is 0. The summed E-state index contributed by atoms with van der Waals surface area (Å²) in [7, 11) is 1.79. The van der Waals surface area contributed by atoms with Crippen molar-refractivity contribution in [1.82, 2.24) is 15.1 Å². The summed E-state index contributed by atoms with van der Waals surface area (Å²) in [6, 6.07) is 0. The zero-order valence-corrected chi connectivity index (χ0v) is 12.0. The van der Waals surface area contributed by atoms with Gasteiger partial charge in [0, 0.05) is 25.9 Å². The molecule has 0 aromatic carbocycles. The Bertz CT molecular complexity index is 356. The highest BCUT2D eigenvalue weighted by molar-refractivity contribution is 7.98. The molecule has 0 bridgehead atoms. The molecule has 0 spiro atoms. The lowest BCUT2D eigenvalue weighted by atomic mass is 10.5. The molecule has 0 aliphatic carbocycles. The number of rotatable bonds is 7. The summed E-state index contributed by atoms with van der Waals surface area (Å²) in [4.78, 5) is 13.6. The van der Waals surface area contributed by atoms with Crippen molar-refractivity contribution in [2.45, 2.75) is 13.3 Å². The number of hydrogen-bond donors (Lipinski definition) is 1. The van der Waals surface area contributed by atoms with Crippen LogP contribution in [0.2, 0.25) is 0 Å². The van der Waals surface area contributed by atoms with E-state index in [0.717, 1.165) is 25.3 Å². The van der Waals surface area contributed by atoms with Crippen molar-refractivity contribution in [3.8, 4) is 0 Å². The van der Waals surface area contributed by atoms with Crippen molar-refractivity contribution in [2.75, 3.05) is 37.5 Å². The van der Waals surface area contributed by atoms with Gasteiger partial charge in [-0.15, -0.1) is 10.2 Å². The number of nitrogens with one attached hydrogen (secondary N) is 1. The largest absolute Gasteiger partial charge is 0.360 e. The van der Waals surface area contributed by atoms with E-state index in [-0.39, 0.29) is 5.91 Å². The van der Waals surface area contributed by atoms with E-state index in [4.69, 9.17) is 0 Å². The van der Waals surface area contributed by atoms with Crippen LogP contribution in [-0.2, 0) is 0 Å². The number of amides is 1. The fraction of sp³-hybridized carbons (Fsp3) is 0.700. The van der Waals surface area contributed by atoms with E-state index in [9.17, 15) is 4.79 Å². The van der Waals surface area contributed by atoms with E-state index in [0.29, 0.717) is 10.1 Å². The minimum absolute atomic E-state index is 0.0545. The molecule has 0 saturated heterocycles. The standard InChI is InChI=1S/C10H18N4OS2/c1-4-5-11-10-13-12-8(17-10)9(15)14(2)6-7-16-3/h4-7H2,1-3H3,(H,11,13). The maximum absolute atomic E-state index is 11.9. The molecule has 0 aliphatic heterocycles. The highest BCUT2D eigenvalue weighted by Gasteiger charge is 2.16. The van der Waals surface area contributed by atoms with Gasteiger partial charge in [-0.05, 0) is 12.7 Å². The Labute approximate surface area is 110 Å². The van der Waals surface area contributed by atoms with Gasteiger partial charge in [-0.25, -0.2) is 0 Å². The number of carbonyl (C=O) groups excluding carboxylic acids is 1. The van der Waals surface area contributed by atoms with Crippen molar-refractivity contribution in [1.29, 1.82) is 0 Å². The van der Waals surface area contributed by atoms with Crippen molar-refractivity contribution in [3.05, 3.63) is 5.01 Å². The van der Waals surface area contributed by atoms with Gasteiger partial charge in [0.2, 0.25) is 10.1 Å². The van der Waals surface area contributed by atoms with Crippen LogP contribution < -0.4 is 5.32 Å². The fourth-order valence-corrected chi connectivity index (χ4v) is 2.33. The summed E-state index contributed by atoms with van der Waals surface area (Å²) in [6.07, 6.45) is 3.05. The molecule has 1 aromatic heterocycles. The molecule has 0 radical (unpaired) electrons. The number of anilines is 1. The summed E-state index contributed by atoms with van der Waals surface area (Å²) in [5, 5.41) is 12.1. The predicted octanol–water partition coefficient (Wildman–Crippen LogP) is 1.80. The van der Waals surface area contributed by atoms with Crippen molar-refractivity contribution in [2.24, 2.45) is 0 Å². The third kappa shape index (κ3) is 4.51. The van der Waals surface area contributed by atoms with Crippen LogP contribution in [0.4, 0.5) is 5.13 Å². The van der Waals surface area contributed by atoms with Crippen molar-refractivity contribution >= 4 is 34.1 Å². The van der Waals surface area contributed by atoms with Crippen LogP contribution in [0.25, 0.3) is 0 Å². The molecule has 7 heteroatoms. The third-order valence-electron chi connectivity index (χ3n) is 2.11. The van der Waals surface area contributed by atoms with Crippen molar-refractivity contribution in [3.63, 3.8) is 0 Å². The maximum Gasteiger partial charge on any atom is 0.284 e. The summed E-state index contributed by atoms with van der Waals surface area (Å²) < 4.78 is 0. The number of thioether (sulfide) groups is 1. The van der Waals surface area contributed by atoms with Crippen LogP contribution in [0.15, 0.2) is 0 Å². The second kappa shape index (κ2) is 7.50. The average molecular weight is 274 g/mol. The highest BCUT2D eigenvalue weighted by atomic mass is 32.2. The van der Waals surface area contributed by atoms with Gasteiger partial charge in [-0.2, -0.15) is 11.8 Å². The van der Waals surface area contributed by atoms with Crippen LogP contribution in [0.5, 0.6) is 0 Å². The molecular formula is C10H18N4OS2. The molecule has 17 heavy (non-hydrogen) atoms. The van der Waals surface area contributed by atoms with E-state index >= 15 is 0 Å². The van der Waals surface area contributed by atoms with E-state index in [2.05, 4.69) is 22.4 Å². The minimum Gasteiger partial charge on any atom is -0.360 e. The molecule has 0 atom stereocenters. The lowest BCUT2D eigenvalue weighted by Crippen LogP contribution is -2.28. The fourth-order valence-electron chi connectivity index (χ4n) is 1.11. The van der Waals surface area contributed by atoms with Gasteiger partial charge >= 0.3 is 0 Å². The molecule has 96 valence electrons. The number of carbonyl (C=O) groups is 1. The van der Waals surface area contributed by atoms with E-state index in [1.807, 2.05) is 6.26 Å². The Hall–Kier alpha value is -0.820. The molecular weight excluding hydrogens is 256 g/mol. The van der Waals surface area contributed by atoms with Gasteiger partial charge in [-0.1, -0.05) is 18.3 Å². The van der Waals surface area contributed by atoms with E-state index in [1.165, 1.54) is 11.3 Å². The third-order valence-corrected chi connectivity index (χ3v) is 3.57. The Morgan fingerprint density at radius 1 is 1.53 bits per heavy atom. The first-order valence-electron chi connectivity index (χ1n) is 5.50. The quantitative estimate of drug-likeness (QED) is 0.821. The number of hydrogen-bond acceptors (Lipinski definition) is 6. The molecule has 0 unspecified atom stereocenters. The van der Waals surface area contributed by atoms with Gasteiger partial charge in [0.1, 0.15) is 0 Å². The summed E-state index contributed by atoms with van der Waals surface area (Å²) in [5.74, 6) is 0.878. The van der Waals surface area contributed by atoms with E-state index in [1.54, 1.807) is 23.7 Å². The van der Waals surface area contributed by atoms with Gasteiger partial charge in [-0.3, -0.25) is 4.79 Å². The van der Waals surface area contributed by atoms with Gasteiger partial charge < -0.3 is 10.2 Å². The molecule has 5 nitrogen and oxygen atoms in total. The Morgan fingerprint density at radius 3 is 2.94 bits per heavy atom. The second-order valence-corrected chi connectivity index (χ2v) is 5.52. The van der Waals surface area contributed by atoms with Crippen LogP contribution in [-0.4, -0.2) is 53.2 Å². The lowest BCUT2D eigenvalue weighted by Gasteiger charge is -2.13. The Kier molecular flexibility index (Phi) is 6.28. The van der Waals surface area contributed by atoms with Gasteiger partial charge in [0.05, 0.1) is 0 Å². The zero-order chi connectivity index (χ0) is 12.7. The van der Waals surface area contributed by atoms with Crippen LogP contribution in [0, 0.1) is 0 Å². The number of nitrogens with zero attached hydrogens (tertiary/aromatic N) is 3. The smallest absolute Gasteiger partial charge is 0.284 e.